The predicted molar refractivity (Wildman–Crippen MR) is 68.4 cm³/mol. The van der Waals surface area contributed by atoms with Gasteiger partial charge in [-0.2, -0.15) is 0 Å². The minimum atomic E-state index is -0.201. The topological polar surface area (TPSA) is 80.0 Å². The van der Waals surface area contributed by atoms with Gasteiger partial charge in [-0.1, -0.05) is 13.0 Å². The Hall–Kier alpha value is -1.78. The van der Waals surface area contributed by atoms with Crippen LogP contribution in [0.2, 0.25) is 0 Å². The van der Waals surface area contributed by atoms with Crippen LogP contribution in [-0.4, -0.2) is 16.6 Å². The first-order valence-corrected chi connectivity index (χ1v) is 5.70. The summed E-state index contributed by atoms with van der Waals surface area (Å²) in [6.45, 7) is 6.35. The number of urea groups is 1. The number of hydrogen-bond acceptors (Lipinski definition) is 3. The van der Waals surface area contributed by atoms with E-state index < -0.39 is 0 Å². The maximum atomic E-state index is 11.6. The van der Waals surface area contributed by atoms with Gasteiger partial charge in [0.15, 0.2) is 0 Å². The Bertz CT molecular complexity index is 390. The van der Waals surface area contributed by atoms with Crippen molar-refractivity contribution in [3.8, 4) is 0 Å². The fraction of sp³-hybridized carbons (Fsp3) is 0.500. The Balaban J connectivity index is 2.44. The van der Waals surface area contributed by atoms with Crippen LogP contribution in [0, 0.1) is 0 Å². The Morgan fingerprint density at radius 1 is 1.47 bits per heavy atom. The molecule has 1 aromatic rings. The van der Waals surface area contributed by atoms with Crippen LogP contribution >= 0.6 is 0 Å². The minimum Gasteiger partial charge on any atom is -0.384 e. The summed E-state index contributed by atoms with van der Waals surface area (Å²) in [5, 5.41) is 5.63. The molecule has 2 amide bonds. The van der Waals surface area contributed by atoms with Crippen LogP contribution in [0.15, 0.2) is 18.2 Å². The quantitative estimate of drug-likeness (QED) is 0.743. The van der Waals surface area contributed by atoms with Crippen LogP contribution in [0.5, 0.6) is 0 Å². The second-order valence-electron chi connectivity index (χ2n) is 4.60. The molecule has 0 spiro atoms. The molecule has 4 N–H and O–H groups in total. The Kier molecular flexibility index (Phi) is 4.31. The first kappa shape index (κ1) is 13.3. The van der Waals surface area contributed by atoms with Crippen molar-refractivity contribution in [3.05, 3.63) is 23.9 Å². The van der Waals surface area contributed by atoms with Crippen LogP contribution in [0.4, 0.5) is 10.6 Å². The molecule has 0 aliphatic carbocycles. The first-order chi connectivity index (χ1) is 7.93. The number of amides is 2. The van der Waals surface area contributed by atoms with Gasteiger partial charge in [0.05, 0.1) is 12.2 Å². The van der Waals surface area contributed by atoms with Gasteiger partial charge >= 0.3 is 6.03 Å². The molecule has 1 aromatic heterocycles. The normalized spacial score (nSPS) is 11.0. The van der Waals surface area contributed by atoms with Gasteiger partial charge in [0, 0.05) is 5.54 Å². The maximum absolute atomic E-state index is 11.6. The van der Waals surface area contributed by atoms with Crippen molar-refractivity contribution >= 4 is 11.8 Å². The number of nitrogens with two attached hydrogens (primary N) is 1. The lowest BCUT2D eigenvalue weighted by Gasteiger charge is -2.24. The summed E-state index contributed by atoms with van der Waals surface area (Å²) < 4.78 is 0. The number of aromatic nitrogens is 1. The van der Waals surface area contributed by atoms with Gasteiger partial charge in [0.2, 0.25) is 0 Å². The smallest absolute Gasteiger partial charge is 0.315 e. The van der Waals surface area contributed by atoms with E-state index in [-0.39, 0.29) is 11.6 Å². The SMILES string of the molecule is CCC(C)(C)NC(=O)NCc1cccc(N)n1. The molecule has 0 aromatic carbocycles. The van der Waals surface area contributed by atoms with Gasteiger partial charge in [0.1, 0.15) is 5.82 Å². The molecule has 0 aliphatic rings. The van der Waals surface area contributed by atoms with E-state index in [1.54, 1.807) is 6.07 Å². The number of nitrogens with zero attached hydrogens (tertiary/aromatic N) is 1. The molecule has 5 heteroatoms. The van der Waals surface area contributed by atoms with Gasteiger partial charge in [-0.15, -0.1) is 0 Å². The Morgan fingerprint density at radius 2 is 2.18 bits per heavy atom. The number of hydrogen-bond donors (Lipinski definition) is 3. The highest BCUT2D eigenvalue weighted by Crippen LogP contribution is 2.06. The molecular weight excluding hydrogens is 216 g/mol. The average molecular weight is 236 g/mol. The lowest BCUT2D eigenvalue weighted by atomic mass is 10.0. The van der Waals surface area contributed by atoms with Gasteiger partial charge in [-0.05, 0) is 32.4 Å². The van der Waals surface area contributed by atoms with Gasteiger partial charge in [-0.25, -0.2) is 9.78 Å². The third kappa shape index (κ3) is 4.72. The molecule has 5 nitrogen and oxygen atoms in total. The molecule has 0 saturated heterocycles. The molecule has 0 bridgehead atoms. The second-order valence-corrected chi connectivity index (χ2v) is 4.60. The van der Waals surface area contributed by atoms with E-state index in [2.05, 4.69) is 15.6 Å². The van der Waals surface area contributed by atoms with Crippen LogP contribution in [0.1, 0.15) is 32.9 Å². The largest absolute Gasteiger partial charge is 0.384 e. The summed E-state index contributed by atoms with van der Waals surface area (Å²) in [6, 6.07) is 5.15. The number of pyridine rings is 1. The van der Waals surface area contributed by atoms with Crippen LogP contribution < -0.4 is 16.4 Å². The van der Waals surface area contributed by atoms with Gasteiger partial charge in [0.25, 0.3) is 0 Å². The predicted octanol–water partition coefficient (Wildman–Crippen LogP) is 1.65. The zero-order valence-electron chi connectivity index (χ0n) is 10.6. The molecule has 1 heterocycles. The summed E-state index contributed by atoms with van der Waals surface area (Å²) in [4.78, 5) is 15.7. The third-order valence-corrected chi connectivity index (χ3v) is 2.59. The molecule has 0 saturated carbocycles. The van der Waals surface area contributed by atoms with Crippen molar-refractivity contribution < 1.29 is 4.79 Å². The number of rotatable bonds is 4. The highest BCUT2D eigenvalue weighted by molar-refractivity contribution is 5.74. The van der Waals surface area contributed by atoms with Gasteiger partial charge < -0.3 is 16.4 Å². The second kappa shape index (κ2) is 5.52. The number of carbonyl (C=O) groups is 1. The zero-order chi connectivity index (χ0) is 12.9. The lowest BCUT2D eigenvalue weighted by Crippen LogP contribution is -2.47. The fourth-order valence-electron chi connectivity index (χ4n) is 1.21. The standard InChI is InChI=1S/C12H20N4O/c1-4-12(2,3)16-11(17)14-8-9-6-5-7-10(13)15-9/h5-7H,4,8H2,1-3H3,(H2,13,15)(H2,14,16,17). The molecule has 1 rings (SSSR count). The van der Waals surface area contributed by atoms with E-state index >= 15 is 0 Å². The highest BCUT2D eigenvalue weighted by Gasteiger charge is 2.17. The molecule has 0 atom stereocenters. The number of carbonyl (C=O) groups excluding carboxylic acids is 1. The first-order valence-electron chi connectivity index (χ1n) is 5.70. The molecule has 0 unspecified atom stereocenters. The number of anilines is 1. The lowest BCUT2D eigenvalue weighted by molar-refractivity contribution is 0.228. The van der Waals surface area contributed by atoms with E-state index in [1.807, 2.05) is 32.9 Å². The van der Waals surface area contributed by atoms with E-state index in [4.69, 9.17) is 5.73 Å². The summed E-state index contributed by atoms with van der Waals surface area (Å²) in [5.41, 5.74) is 6.09. The van der Waals surface area contributed by atoms with Crippen molar-refractivity contribution in [1.82, 2.24) is 15.6 Å². The van der Waals surface area contributed by atoms with Crippen molar-refractivity contribution in [3.63, 3.8) is 0 Å². The molecule has 17 heavy (non-hydrogen) atoms. The number of nitrogen functional groups attached to an aromatic ring is 1. The summed E-state index contributed by atoms with van der Waals surface area (Å²) in [6.07, 6.45) is 0.872. The minimum absolute atomic E-state index is 0.193. The number of nitrogens with one attached hydrogen (secondary N) is 2. The van der Waals surface area contributed by atoms with Crippen LogP contribution in [0.3, 0.4) is 0 Å². The zero-order valence-corrected chi connectivity index (χ0v) is 10.6. The average Bonchev–Trinajstić information content (AvgIpc) is 2.26. The van der Waals surface area contributed by atoms with Crippen molar-refractivity contribution in [2.24, 2.45) is 0 Å². The molecule has 0 radical (unpaired) electrons. The molecular formula is C12H20N4O. The summed E-state index contributed by atoms with van der Waals surface area (Å²) in [5.74, 6) is 0.457. The molecule has 94 valence electrons. The van der Waals surface area contributed by atoms with E-state index in [9.17, 15) is 4.79 Å². The molecule has 0 aliphatic heterocycles. The van der Waals surface area contributed by atoms with Crippen molar-refractivity contribution in [2.45, 2.75) is 39.3 Å². The van der Waals surface area contributed by atoms with E-state index in [0.29, 0.717) is 12.4 Å². The fourth-order valence-corrected chi connectivity index (χ4v) is 1.21. The molecule has 0 fully saturated rings. The summed E-state index contributed by atoms with van der Waals surface area (Å²) in [7, 11) is 0. The van der Waals surface area contributed by atoms with Crippen LogP contribution in [0.25, 0.3) is 0 Å². The third-order valence-electron chi connectivity index (χ3n) is 2.59. The van der Waals surface area contributed by atoms with Crippen LogP contribution in [-0.2, 0) is 6.54 Å². The van der Waals surface area contributed by atoms with Crippen molar-refractivity contribution in [1.29, 1.82) is 0 Å². The maximum Gasteiger partial charge on any atom is 0.315 e. The summed E-state index contributed by atoms with van der Waals surface area (Å²) >= 11 is 0. The Morgan fingerprint density at radius 3 is 2.76 bits per heavy atom. The highest BCUT2D eigenvalue weighted by atomic mass is 16.2. The Labute approximate surface area is 102 Å². The van der Waals surface area contributed by atoms with Gasteiger partial charge in [-0.3, -0.25) is 0 Å². The monoisotopic (exact) mass is 236 g/mol. The van der Waals surface area contributed by atoms with Crippen molar-refractivity contribution in [2.75, 3.05) is 5.73 Å². The van der Waals surface area contributed by atoms with E-state index in [0.717, 1.165) is 12.1 Å². The van der Waals surface area contributed by atoms with E-state index in [1.165, 1.54) is 0 Å².